The quantitative estimate of drug-likeness (QED) is 0.575. The maximum Gasteiger partial charge on any atom is 0.195 e. The van der Waals surface area contributed by atoms with E-state index in [1.807, 2.05) is 6.92 Å². The van der Waals surface area contributed by atoms with Crippen molar-refractivity contribution in [1.29, 1.82) is 0 Å². The lowest BCUT2D eigenvalue weighted by atomic mass is 10.3. The molecule has 0 amide bonds. The van der Waals surface area contributed by atoms with Gasteiger partial charge in [-0.25, -0.2) is 4.39 Å². The average molecular weight is 195 g/mol. The number of benzene rings is 1. The van der Waals surface area contributed by atoms with Gasteiger partial charge in [-0.15, -0.1) is 0 Å². The van der Waals surface area contributed by atoms with Crippen LogP contribution in [0.2, 0.25) is 0 Å². The number of nitrogens with two attached hydrogens (primary N) is 1. The van der Waals surface area contributed by atoms with Crippen LogP contribution in [0, 0.1) is 5.82 Å². The van der Waals surface area contributed by atoms with Gasteiger partial charge < -0.3 is 10.6 Å². The number of hydrogen-bond donors (Lipinski definition) is 1. The molecule has 0 aliphatic heterocycles. The Hall–Kier alpha value is -1.58. The number of rotatable bonds is 2. The number of nitrogens with zero attached hydrogens (tertiary/aromatic N) is 2. The third kappa shape index (κ3) is 2.22. The van der Waals surface area contributed by atoms with Crippen LogP contribution < -0.4 is 10.6 Å². The lowest BCUT2D eigenvalue weighted by molar-refractivity contribution is 0.628. The first kappa shape index (κ1) is 10.5. The van der Waals surface area contributed by atoms with Crippen LogP contribution in [0.4, 0.5) is 10.1 Å². The molecule has 0 saturated carbocycles. The standard InChI is InChI=1S/C10H14FN3/c1-3-14(10(12)13-2)9-6-4-8(11)5-7-9/h4-7H,3H2,1-2H3,(H2,12,13). The molecule has 0 aliphatic carbocycles. The second kappa shape index (κ2) is 4.60. The summed E-state index contributed by atoms with van der Waals surface area (Å²) in [5.74, 6) is 0.177. The van der Waals surface area contributed by atoms with Crippen molar-refractivity contribution in [3.63, 3.8) is 0 Å². The molecular weight excluding hydrogens is 181 g/mol. The Balaban J connectivity index is 2.95. The van der Waals surface area contributed by atoms with E-state index in [2.05, 4.69) is 4.99 Å². The van der Waals surface area contributed by atoms with E-state index in [1.165, 1.54) is 12.1 Å². The zero-order valence-electron chi connectivity index (χ0n) is 8.37. The molecule has 0 aliphatic rings. The van der Waals surface area contributed by atoms with E-state index >= 15 is 0 Å². The highest BCUT2D eigenvalue weighted by Gasteiger charge is 2.06. The fraction of sp³-hybridized carbons (Fsp3) is 0.300. The number of guanidine groups is 1. The number of anilines is 1. The van der Waals surface area contributed by atoms with Gasteiger partial charge in [0.05, 0.1) is 0 Å². The molecule has 0 fully saturated rings. The Morgan fingerprint density at radius 2 is 2.00 bits per heavy atom. The molecule has 1 aromatic carbocycles. The molecule has 14 heavy (non-hydrogen) atoms. The topological polar surface area (TPSA) is 41.6 Å². The van der Waals surface area contributed by atoms with Crippen LogP contribution in [0.5, 0.6) is 0 Å². The minimum atomic E-state index is -0.253. The van der Waals surface area contributed by atoms with Gasteiger partial charge >= 0.3 is 0 Å². The molecule has 76 valence electrons. The minimum absolute atomic E-state index is 0.253. The van der Waals surface area contributed by atoms with E-state index in [0.717, 1.165) is 5.69 Å². The highest BCUT2D eigenvalue weighted by atomic mass is 19.1. The monoisotopic (exact) mass is 195 g/mol. The van der Waals surface area contributed by atoms with Crippen molar-refractivity contribution < 1.29 is 4.39 Å². The summed E-state index contributed by atoms with van der Waals surface area (Å²) in [5, 5.41) is 0. The molecule has 0 heterocycles. The van der Waals surface area contributed by atoms with Gasteiger partial charge in [-0.3, -0.25) is 4.99 Å². The minimum Gasteiger partial charge on any atom is -0.370 e. The summed E-state index contributed by atoms with van der Waals surface area (Å²) >= 11 is 0. The summed E-state index contributed by atoms with van der Waals surface area (Å²) in [5.41, 5.74) is 6.52. The third-order valence-electron chi connectivity index (χ3n) is 1.96. The highest BCUT2D eigenvalue weighted by Crippen LogP contribution is 2.13. The van der Waals surface area contributed by atoms with Crippen molar-refractivity contribution in [3.05, 3.63) is 30.1 Å². The van der Waals surface area contributed by atoms with Crippen molar-refractivity contribution in [2.75, 3.05) is 18.5 Å². The molecule has 3 nitrogen and oxygen atoms in total. The van der Waals surface area contributed by atoms with Crippen LogP contribution in [0.15, 0.2) is 29.3 Å². The first-order valence-electron chi connectivity index (χ1n) is 4.44. The van der Waals surface area contributed by atoms with E-state index in [9.17, 15) is 4.39 Å². The first-order valence-corrected chi connectivity index (χ1v) is 4.44. The molecule has 0 radical (unpaired) electrons. The largest absolute Gasteiger partial charge is 0.370 e. The van der Waals surface area contributed by atoms with Crippen molar-refractivity contribution in [2.24, 2.45) is 10.7 Å². The molecule has 0 unspecified atom stereocenters. The second-order valence-corrected chi connectivity index (χ2v) is 2.80. The number of aliphatic imine (C=N–C) groups is 1. The Morgan fingerprint density at radius 1 is 1.43 bits per heavy atom. The predicted octanol–water partition coefficient (Wildman–Crippen LogP) is 1.60. The summed E-state index contributed by atoms with van der Waals surface area (Å²) < 4.78 is 12.7. The molecule has 4 heteroatoms. The molecule has 0 bridgehead atoms. The Kier molecular flexibility index (Phi) is 3.45. The van der Waals surface area contributed by atoms with Gasteiger partial charge in [-0.1, -0.05) is 0 Å². The fourth-order valence-electron chi connectivity index (χ4n) is 1.22. The van der Waals surface area contributed by atoms with Crippen LogP contribution in [-0.2, 0) is 0 Å². The van der Waals surface area contributed by atoms with Gasteiger partial charge in [0.1, 0.15) is 5.82 Å². The SMILES string of the molecule is CCN(C(N)=NC)c1ccc(F)cc1. The molecule has 1 aromatic rings. The summed E-state index contributed by atoms with van der Waals surface area (Å²) in [6.07, 6.45) is 0. The highest BCUT2D eigenvalue weighted by molar-refractivity contribution is 5.94. The summed E-state index contributed by atoms with van der Waals surface area (Å²) in [6, 6.07) is 6.16. The zero-order chi connectivity index (χ0) is 10.6. The van der Waals surface area contributed by atoms with Crippen LogP contribution in [0.1, 0.15) is 6.92 Å². The van der Waals surface area contributed by atoms with Crippen molar-refractivity contribution in [3.8, 4) is 0 Å². The molecule has 0 atom stereocenters. The van der Waals surface area contributed by atoms with Crippen molar-refractivity contribution >= 4 is 11.6 Å². The van der Waals surface area contributed by atoms with E-state index in [0.29, 0.717) is 12.5 Å². The van der Waals surface area contributed by atoms with E-state index in [4.69, 9.17) is 5.73 Å². The predicted molar refractivity (Wildman–Crippen MR) is 57.0 cm³/mol. The Bertz CT molecular complexity index is 319. The maximum absolute atomic E-state index is 12.7. The summed E-state index contributed by atoms with van der Waals surface area (Å²) in [6.45, 7) is 2.66. The van der Waals surface area contributed by atoms with E-state index < -0.39 is 0 Å². The van der Waals surface area contributed by atoms with Gasteiger partial charge in [0, 0.05) is 19.3 Å². The lowest BCUT2D eigenvalue weighted by Crippen LogP contribution is -2.37. The van der Waals surface area contributed by atoms with E-state index in [1.54, 1.807) is 24.1 Å². The number of hydrogen-bond acceptors (Lipinski definition) is 1. The fourth-order valence-corrected chi connectivity index (χ4v) is 1.22. The van der Waals surface area contributed by atoms with Crippen LogP contribution in [0.25, 0.3) is 0 Å². The number of halogens is 1. The van der Waals surface area contributed by atoms with Crippen molar-refractivity contribution in [2.45, 2.75) is 6.92 Å². The van der Waals surface area contributed by atoms with Crippen LogP contribution >= 0.6 is 0 Å². The lowest BCUT2D eigenvalue weighted by Gasteiger charge is -2.21. The first-order chi connectivity index (χ1) is 6.69. The smallest absolute Gasteiger partial charge is 0.195 e. The summed E-state index contributed by atoms with van der Waals surface area (Å²) in [4.78, 5) is 5.69. The summed E-state index contributed by atoms with van der Waals surface area (Å²) in [7, 11) is 1.63. The van der Waals surface area contributed by atoms with Gasteiger partial charge in [0.2, 0.25) is 0 Å². The average Bonchev–Trinajstić information content (AvgIpc) is 2.21. The van der Waals surface area contributed by atoms with Gasteiger partial charge in [0.25, 0.3) is 0 Å². The molecule has 0 saturated heterocycles. The molecule has 0 aromatic heterocycles. The van der Waals surface area contributed by atoms with Crippen LogP contribution in [0.3, 0.4) is 0 Å². The van der Waals surface area contributed by atoms with Gasteiger partial charge in [0.15, 0.2) is 5.96 Å². The van der Waals surface area contributed by atoms with E-state index in [-0.39, 0.29) is 5.82 Å². The maximum atomic E-state index is 12.7. The Morgan fingerprint density at radius 3 is 2.43 bits per heavy atom. The Labute approximate surface area is 83.1 Å². The molecule has 2 N–H and O–H groups in total. The third-order valence-corrected chi connectivity index (χ3v) is 1.96. The van der Waals surface area contributed by atoms with Crippen LogP contribution in [-0.4, -0.2) is 19.6 Å². The molecular formula is C10H14FN3. The second-order valence-electron chi connectivity index (χ2n) is 2.80. The van der Waals surface area contributed by atoms with Gasteiger partial charge in [-0.05, 0) is 31.2 Å². The molecule has 0 spiro atoms. The zero-order valence-corrected chi connectivity index (χ0v) is 8.37. The molecule has 1 rings (SSSR count). The van der Waals surface area contributed by atoms with Gasteiger partial charge in [-0.2, -0.15) is 0 Å². The normalized spacial score (nSPS) is 11.5. The van der Waals surface area contributed by atoms with Crippen molar-refractivity contribution in [1.82, 2.24) is 0 Å².